The molecule has 1 heterocycles. The lowest BCUT2D eigenvalue weighted by Gasteiger charge is -2.24. The Balaban J connectivity index is 0.00000307. The van der Waals surface area contributed by atoms with Gasteiger partial charge in [-0.2, -0.15) is 0 Å². The number of esters is 1. The van der Waals surface area contributed by atoms with Gasteiger partial charge in [0.05, 0.1) is 22.7 Å². The zero-order valence-corrected chi connectivity index (χ0v) is 31.0. The molecule has 6 N–H and O–H groups in total. The molecule has 0 saturated heterocycles. The fraction of sp³-hybridized carbons (Fsp3) is 0.571. The monoisotopic (exact) mass is 725 g/mol. The van der Waals surface area contributed by atoms with Crippen molar-refractivity contribution in [2.24, 2.45) is 5.73 Å². The molecular formula is C35H50Cl2FN5O4S. The van der Waals surface area contributed by atoms with Gasteiger partial charge in [-0.25, -0.2) is 4.39 Å². The molecule has 1 saturated carbocycles. The van der Waals surface area contributed by atoms with Gasteiger partial charge in [0, 0.05) is 45.6 Å². The molecule has 9 nitrogen and oxygen atoms in total. The summed E-state index contributed by atoms with van der Waals surface area (Å²) in [4.78, 5) is 25.2. The molecule has 13 heteroatoms. The van der Waals surface area contributed by atoms with Crippen molar-refractivity contribution in [2.75, 3.05) is 18.0 Å². The largest absolute Gasteiger partial charge is 0.459 e. The topological polar surface area (TPSA) is 146 Å². The van der Waals surface area contributed by atoms with Crippen LogP contribution in [0.15, 0.2) is 44.8 Å². The van der Waals surface area contributed by atoms with Crippen LogP contribution in [-0.2, 0) is 16.1 Å². The van der Waals surface area contributed by atoms with E-state index in [1.807, 2.05) is 39.0 Å². The molecule has 1 aromatic carbocycles. The van der Waals surface area contributed by atoms with Crippen LogP contribution in [0.25, 0.3) is 0 Å². The SMILES string of the molecule is CC.CCC(N)CC(CCSc1cc(C(=O)NCC(=O)OC(C)(C)C)cc(F)c1N)NCc1c(C2C(Cl)=CC=CC2Cl)noc1C1CC1. The van der Waals surface area contributed by atoms with E-state index in [4.69, 9.17) is 43.9 Å². The van der Waals surface area contributed by atoms with Crippen molar-refractivity contribution < 1.29 is 23.2 Å². The van der Waals surface area contributed by atoms with E-state index in [0.717, 1.165) is 48.8 Å². The number of anilines is 1. The third kappa shape index (κ3) is 11.5. The summed E-state index contributed by atoms with van der Waals surface area (Å²) in [6.07, 6.45) is 9.92. The first-order valence-corrected chi connectivity index (χ1v) is 18.4. The van der Waals surface area contributed by atoms with Crippen LogP contribution in [0.4, 0.5) is 10.1 Å². The Hall–Kier alpha value is -2.57. The number of thioether (sulfide) groups is 1. The van der Waals surface area contributed by atoms with Crippen LogP contribution in [-0.4, -0.2) is 52.4 Å². The highest BCUT2D eigenvalue weighted by atomic mass is 35.5. The van der Waals surface area contributed by atoms with Gasteiger partial charge in [-0.3, -0.25) is 9.59 Å². The smallest absolute Gasteiger partial charge is 0.325 e. The molecule has 2 aliphatic carbocycles. The zero-order valence-electron chi connectivity index (χ0n) is 28.7. The molecular weight excluding hydrogens is 676 g/mol. The van der Waals surface area contributed by atoms with Gasteiger partial charge in [-0.1, -0.05) is 49.7 Å². The molecule has 0 aliphatic heterocycles. The summed E-state index contributed by atoms with van der Waals surface area (Å²) in [6.45, 7) is 11.4. The highest BCUT2D eigenvalue weighted by molar-refractivity contribution is 7.99. The van der Waals surface area contributed by atoms with Crippen LogP contribution in [0, 0.1) is 5.82 Å². The number of allylic oxidation sites excluding steroid dienone is 4. The summed E-state index contributed by atoms with van der Waals surface area (Å²) in [5.41, 5.74) is 13.5. The average Bonchev–Trinajstić information content (AvgIpc) is 3.80. The van der Waals surface area contributed by atoms with Gasteiger partial charge < -0.3 is 31.4 Å². The normalized spacial score (nSPS) is 18.8. The minimum absolute atomic E-state index is 0.0139. The van der Waals surface area contributed by atoms with Gasteiger partial charge in [0.25, 0.3) is 5.91 Å². The third-order valence-electron chi connectivity index (χ3n) is 7.83. The Bertz CT molecular complexity index is 1460. The van der Waals surface area contributed by atoms with Crippen LogP contribution in [0.5, 0.6) is 0 Å². The number of nitrogens with two attached hydrogens (primary N) is 2. The molecule has 1 fully saturated rings. The minimum Gasteiger partial charge on any atom is -0.459 e. The number of aromatic nitrogens is 1. The van der Waals surface area contributed by atoms with E-state index >= 15 is 0 Å². The molecule has 2 aromatic rings. The van der Waals surface area contributed by atoms with Crippen LogP contribution < -0.4 is 22.1 Å². The quantitative estimate of drug-likeness (QED) is 0.0634. The number of nitrogens with zero attached hydrogens (tertiary/aromatic N) is 1. The molecule has 1 amide bonds. The van der Waals surface area contributed by atoms with Crippen molar-refractivity contribution in [3.63, 3.8) is 0 Å². The number of hydrogen-bond acceptors (Lipinski definition) is 9. The highest BCUT2D eigenvalue weighted by Crippen LogP contribution is 2.46. The first-order valence-electron chi connectivity index (χ1n) is 16.6. The second kappa shape index (κ2) is 18.4. The molecule has 2 aliphatic rings. The van der Waals surface area contributed by atoms with E-state index < -0.39 is 23.3 Å². The van der Waals surface area contributed by atoms with Crippen molar-refractivity contribution in [1.29, 1.82) is 0 Å². The summed E-state index contributed by atoms with van der Waals surface area (Å²) < 4.78 is 25.9. The van der Waals surface area contributed by atoms with Crippen molar-refractivity contribution in [3.05, 3.63) is 63.8 Å². The summed E-state index contributed by atoms with van der Waals surface area (Å²) in [7, 11) is 0. The standard InChI is InChI=1S/C33H44Cl2FN5O4S.C2H6/c1-5-20(37)15-21(39-16-22-30(41-45-31(22)18-9-10-18)28-23(34)7-6-8-24(28)35)11-12-46-26-14-19(13-25(36)29(26)38)32(43)40-17-27(42)44-33(2,3)4;1-2/h6-8,13-14,18,20-21,23,28,39H,5,9-12,15-17,37-38H2,1-4H3,(H,40,43);1-2H3. The van der Waals surface area contributed by atoms with E-state index in [-0.39, 0.29) is 41.2 Å². The van der Waals surface area contributed by atoms with Crippen molar-refractivity contribution in [1.82, 2.24) is 15.8 Å². The van der Waals surface area contributed by atoms with Gasteiger partial charge in [0.2, 0.25) is 0 Å². The molecule has 0 radical (unpaired) electrons. The first-order chi connectivity index (χ1) is 22.8. The predicted octanol–water partition coefficient (Wildman–Crippen LogP) is 7.52. The zero-order chi connectivity index (χ0) is 35.6. The number of halogens is 3. The molecule has 266 valence electrons. The van der Waals surface area contributed by atoms with E-state index in [2.05, 4.69) is 15.8 Å². The van der Waals surface area contributed by atoms with Crippen molar-refractivity contribution in [3.8, 4) is 0 Å². The second-order valence-corrected chi connectivity index (χ2v) is 14.9. The van der Waals surface area contributed by atoms with Gasteiger partial charge in [-0.05, 0) is 76.8 Å². The Morgan fingerprint density at radius 1 is 1.25 bits per heavy atom. The minimum atomic E-state index is -0.703. The third-order valence-corrected chi connectivity index (χ3v) is 9.67. The van der Waals surface area contributed by atoms with Crippen molar-refractivity contribution in [2.45, 2.75) is 120 Å². The highest BCUT2D eigenvalue weighted by Gasteiger charge is 2.37. The number of carbonyl (C=O) groups excluding carboxylic acids is 2. The van der Waals surface area contributed by atoms with Crippen LogP contribution in [0.1, 0.15) is 113 Å². The number of rotatable bonds is 15. The predicted molar refractivity (Wildman–Crippen MR) is 193 cm³/mol. The summed E-state index contributed by atoms with van der Waals surface area (Å²) in [5, 5.41) is 10.9. The number of alkyl halides is 1. The van der Waals surface area contributed by atoms with E-state index in [1.54, 1.807) is 20.8 Å². The van der Waals surface area contributed by atoms with Gasteiger partial charge in [0.1, 0.15) is 23.7 Å². The summed E-state index contributed by atoms with van der Waals surface area (Å²) in [6, 6.07) is 2.61. The first kappa shape index (κ1) is 39.9. The maximum absolute atomic E-state index is 14.8. The van der Waals surface area contributed by atoms with Crippen LogP contribution in [0.3, 0.4) is 0 Å². The maximum Gasteiger partial charge on any atom is 0.325 e. The van der Waals surface area contributed by atoms with E-state index in [9.17, 15) is 14.0 Å². The number of ether oxygens (including phenoxy) is 1. The second-order valence-electron chi connectivity index (χ2n) is 12.8. The van der Waals surface area contributed by atoms with Crippen LogP contribution in [0.2, 0.25) is 0 Å². The number of carbonyl (C=O) groups is 2. The molecule has 4 unspecified atom stereocenters. The number of hydrogen-bond donors (Lipinski definition) is 4. The fourth-order valence-corrected chi connectivity index (χ4v) is 6.99. The number of benzene rings is 1. The molecule has 4 atom stereocenters. The Kier molecular flexibility index (Phi) is 15.3. The Morgan fingerprint density at radius 2 is 1.96 bits per heavy atom. The van der Waals surface area contributed by atoms with E-state index in [1.165, 1.54) is 17.8 Å². The molecule has 0 bridgehead atoms. The number of nitrogen functional groups attached to an aromatic ring is 1. The van der Waals surface area contributed by atoms with Gasteiger partial charge >= 0.3 is 5.97 Å². The average molecular weight is 727 g/mol. The Morgan fingerprint density at radius 3 is 2.58 bits per heavy atom. The van der Waals surface area contributed by atoms with Crippen LogP contribution >= 0.6 is 35.0 Å². The lowest BCUT2D eigenvalue weighted by molar-refractivity contribution is -0.153. The lowest BCUT2D eigenvalue weighted by Crippen LogP contribution is -2.36. The molecule has 0 spiro atoms. The molecule has 4 rings (SSSR count). The number of amides is 1. The molecule has 1 aromatic heterocycles. The van der Waals surface area contributed by atoms with E-state index in [0.29, 0.717) is 34.6 Å². The summed E-state index contributed by atoms with van der Waals surface area (Å²) in [5.74, 6) is -0.381. The number of nitrogens with one attached hydrogen (secondary N) is 2. The lowest BCUT2D eigenvalue weighted by atomic mass is 9.92. The Labute approximate surface area is 298 Å². The summed E-state index contributed by atoms with van der Waals surface area (Å²) >= 11 is 14.6. The van der Waals surface area contributed by atoms with Gasteiger partial charge in [-0.15, -0.1) is 23.4 Å². The maximum atomic E-state index is 14.8. The van der Waals surface area contributed by atoms with Crippen molar-refractivity contribution >= 4 is 52.5 Å². The van der Waals surface area contributed by atoms with Gasteiger partial charge in [0.15, 0.2) is 0 Å². The fourth-order valence-electron chi connectivity index (χ4n) is 5.19. The molecule has 48 heavy (non-hydrogen) atoms.